The fourth-order valence-corrected chi connectivity index (χ4v) is 3.51. The second kappa shape index (κ2) is 7.00. The van der Waals surface area contributed by atoms with Crippen LogP contribution in [-0.2, 0) is 6.42 Å². The van der Waals surface area contributed by atoms with Crippen molar-refractivity contribution in [3.63, 3.8) is 0 Å². The van der Waals surface area contributed by atoms with Gasteiger partial charge in [-0.1, -0.05) is 19.1 Å². The molecule has 0 amide bonds. The molecular weight excluding hydrogens is 342 g/mol. The van der Waals surface area contributed by atoms with Crippen LogP contribution in [0.2, 0.25) is 0 Å². The predicted molar refractivity (Wildman–Crippen MR) is 105 cm³/mol. The van der Waals surface area contributed by atoms with Gasteiger partial charge in [0.25, 0.3) is 0 Å². The predicted octanol–water partition coefficient (Wildman–Crippen LogP) is 2.64. The molecule has 0 aliphatic carbocycles. The minimum absolute atomic E-state index is 0.200. The zero-order chi connectivity index (χ0) is 19.0. The molecule has 1 aliphatic rings. The summed E-state index contributed by atoms with van der Waals surface area (Å²) in [6, 6.07) is 8.22. The number of likely N-dealkylation sites (N-methyl/N-ethyl adjacent to an activating group) is 1. The van der Waals surface area contributed by atoms with Gasteiger partial charge in [-0.05, 0) is 19.2 Å². The van der Waals surface area contributed by atoms with Crippen LogP contribution in [-0.4, -0.2) is 64.2 Å². The van der Waals surface area contributed by atoms with E-state index in [9.17, 15) is 9.90 Å². The Morgan fingerprint density at radius 1 is 1.15 bits per heavy atom. The van der Waals surface area contributed by atoms with Crippen molar-refractivity contribution in [1.29, 1.82) is 0 Å². The second-order valence-corrected chi connectivity index (χ2v) is 6.91. The van der Waals surface area contributed by atoms with E-state index < -0.39 is 5.97 Å². The van der Waals surface area contributed by atoms with E-state index in [0.29, 0.717) is 29.0 Å². The number of aromatic carboxylic acids is 1. The molecule has 3 heterocycles. The molecule has 0 radical (unpaired) electrons. The lowest BCUT2D eigenvalue weighted by molar-refractivity contribution is 0.0699. The molecule has 1 aliphatic heterocycles. The van der Waals surface area contributed by atoms with Crippen molar-refractivity contribution in [2.24, 2.45) is 0 Å². The molecule has 0 bridgehead atoms. The highest BCUT2D eigenvalue weighted by Crippen LogP contribution is 2.30. The zero-order valence-corrected chi connectivity index (χ0v) is 15.6. The van der Waals surface area contributed by atoms with Crippen LogP contribution in [0.5, 0.6) is 0 Å². The minimum atomic E-state index is -0.982. The van der Waals surface area contributed by atoms with Crippen LogP contribution < -0.4 is 4.90 Å². The van der Waals surface area contributed by atoms with Gasteiger partial charge in [0.05, 0.1) is 16.6 Å². The SMILES string of the molecule is CCc1nc(-c2ccc(N3CCN(C)CC3)cc2)c2c(C(=O)O)c[nH]c2n1. The standard InChI is InChI=1S/C20H23N5O2/c1-3-16-22-18(17-15(20(26)27)12-21-19(17)23-16)13-4-6-14(7-5-13)25-10-8-24(2)9-11-25/h4-7,12H,3,8-11H2,1-2H3,(H,26,27)(H,21,22,23). The smallest absolute Gasteiger partial charge is 0.338 e. The van der Waals surface area contributed by atoms with Gasteiger partial charge in [-0.15, -0.1) is 0 Å². The van der Waals surface area contributed by atoms with Crippen LogP contribution in [0.25, 0.3) is 22.3 Å². The van der Waals surface area contributed by atoms with Gasteiger partial charge >= 0.3 is 5.97 Å². The number of nitrogens with zero attached hydrogens (tertiary/aromatic N) is 4. The molecule has 0 atom stereocenters. The first-order valence-corrected chi connectivity index (χ1v) is 9.22. The van der Waals surface area contributed by atoms with Gasteiger partial charge < -0.3 is 19.9 Å². The summed E-state index contributed by atoms with van der Waals surface area (Å²) < 4.78 is 0. The van der Waals surface area contributed by atoms with Crippen molar-refractivity contribution >= 4 is 22.7 Å². The van der Waals surface area contributed by atoms with E-state index in [-0.39, 0.29) is 5.56 Å². The molecule has 7 nitrogen and oxygen atoms in total. The number of fused-ring (bicyclic) bond motifs is 1. The molecule has 7 heteroatoms. The number of benzene rings is 1. The molecule has 1 aromatic carbocycles. The molecule has 3 aromatic rings. The van der Waals surface area contributed by atoms with Crippen LogP contribution in [0.1, 0.15) is 23.1 Å². The Balaban J connectivity index is 1.75. The molecule has 2 N–H and O–H groups in total. The lowest BCUT2D eigenvalue weighted by atomic mass is 10.1. The zero-order valence-electron chi connectivity index (χ0n) is 15.6. The van der Waals surface area contributed by atoms with Crippen LogP contribution in [0.15, 0.2) is 30.5 Å². The molecule has 0 unspecified atom stereocenters. The number of piperazine rings is 1. The Hall–Kier alpha value is -2.93. The average molecular weight is 365 g/mol. The number of anilines is 1. The largest absolute Gasteiger partial charge is 0.478 e. The van der Waals surface area contributed by atoms with E-state index in [4.69, 9.17) is 0 Å². The van der Waals surface area contributed by atoms with Crippen LogP contribution >= 0.6 is 0 Å². The number of aromatic nitrogens is 3. The van der Waals surface area contributed by atoms with Crippen molar-refractivity contribution < 1.29 is 9.90 Å². The molecule has 2 aromatic heterocycles. The third-order valence-electron chi connectivity index (χ3n) is 5.13. The van der Waals surface area contributed by atoms with Gasteiger partial charge in [-0.2, -0.15) is 0 Å². The fraction of sp³-hybridized carbons (Fsp3) is 0.350. The normalized spacial score (nSPS) is 15.4. The van der Waals surface area contributed by atoms with E-state index >= 15 is 0 Å². The first kappa shape index (κ1) is 17.5. The maximum Gasteiger partial charge on any atom is 0.338 e. The Labute approximate surface area is 157 Å². The van der Waals surface area contributed by atoms with Gasteiger partial charge in [0, 0.05) is 50.0 Å². The second-order valence-electron chi connectivity index (χ2n) is 6.91. The number of aryl methyl sites for hydroxylation is 1. The number of carbonyl (C=O) groups is 1. The summed E-state index contributed by atoms with van der Waals surface area (Å²) in [7, 11) is 2.14. The Morgan fingerprint density at radius 3 is 2.48 bits per heavy atom. The topological polar surface area (TPSA) is 85.4 Å². The van der Waals surface area contributed by atoms with E-state index in [2.05, 4.69) is 43.9 Å². The first-order chi connectivity index (χ1) is 13.1. The number of aromatic amines is 1. The number of rotatable bonds is 4. The van der Waals surface area contributed by atoms with E-state index in [0.717, 1.165) is 31.7 Å². The van der Waals surface area contributed by atoms with Crippen LogP contribution in [0, 0.1) is 0 Å². The van der Waals surface area contributed by atoms with Crippen molar-refractivity contribution in [3.8, 4) is 11.3 Å². The average Bonchev–Trinajstić information content (AvgIpc) is 3.12. The highest BCUT2D eigenvalue weighted by molar-refractivity contribution is 6.07. The van der Waals surface area contributed by atoms with Crippen molar-refractivity contribution in [1.82, 2.24) is 19.9 Å². The molecule has 0 saturated carbocycles. The van der Waals surface area contributed by atoms with Gasteiger partial charge in [-0.25, -0.2) is 14.8 Å². The van der Waals surface area contributed by atoms with Crippen LogP contribution in [0.3, 0.4) is 0 Å². The number of hydrogen-bond acceptors (Lipinski definition) is 5. The number of H-pyrrole nitrogens is 1. The van der Waals surface area contributed by atoms with E-state index in [1.807, 2.05) is 19.1 Å². The van der Waals surface area contributed by atoms with Gasteiger partial charge in [0.15, 0.2) is 0 Å². The third kappa shape index (κ3) is 3.26. The van der Waals surface area contributed by atoms with Crippen molar-refractivity contribution in [2.75, 3.05) is 38.1 Å². The summed E-state index contributed by atoms with van der Waals surface area (Å²) in [5, 5.41) is 10.1. The summed E-state index contributed by atoms with van der Waals surface area (Å²) in [5.74, 6) is -0.288. The van der Waals surface area contributed by atoms with E-state index in [1.165, 1.54) is 11.9 Å². The van der Waals surface area contributed by atoms with Gasteiger partial charge in [-0.3, -0.25) is 0 Å². The highest BCUT2D eigenvalue weighted by Gasteiger charge is 2.19. The van der Waals surface area contributed by atoms with Gasteiger partial charge in [0.2, 0.25) is 0 Å². The lowest BCUT2D eigenvalue weighted by Crippen LogP contribution is -2.44. The van der Waals surface area contributed by atoms with E-state index in [1.54, 1.807) is 0 Å². The Morgan fingerprint density at radius 2 is 1.85 bits per heavy atom. The summed E-state index contributed by atoms with van der Waals surface area (Å²) in [6.07, 6.45) is 2.17. The lowest BCUT2D eigenvalue weighted by Gasteiger charge is -2.34. The molecule has 1 saturated heterocycles. The number of nitrogens with one attached hydrogen (secondary N) is 1. The van der Waals surface area contributed by atoms with Gasteiger partial charge in [0.1, 0.15) is 11.5 Å². The monoisotopic (exact) mass is 365 g/mol. The maximum atomic E-state index is 11.6. The molecule has 1 fully saturated rings. The summed E-state index contributed by atoms with van der Waals surface area (Å²) in [4.78, 5) is 28.4. The molecule has 140 valence electrons. The number of carboxylic acids is 1. The first-order valence-electron chi connectivity index (χ1n) is 9.22. The summed E-state index contributed by atoms with van der Waals surface area (Å²) in [5.41, 5.74) is 3.51. The van der Waals surface area contributed by atoms with Crippen molar-refractivity contribution in [2.45, 2.75) is 13.3 Å². The van der Waals surface area contributed by atoms with Crippen LogP contribution in [0.4, 0.5) is 5.69 Å². The summed E-state index contributed by atoms with van der Waals surface area (Å²) >= 11 is 0. The number of carboxylic acid groups (broad SMARTS) is 1. The van der Waals surface area contributed by atoms with Crippen molar-refractivity contribution in [3.05, 3.63) is 41.9 Å². The molecule has 4 rings (SSSR count). The molecule has 0 spiro atoms. The summed E-state index contributed by atoms with van der Waals surface area (Å²) in [6.45, 7) is 6.12. The molecular formula is C20H23N5O2. The maximum absolute atomic E-state index is 11.6. The Kier molecular flexibility index (Phi) is 4.53. The quantitative estimate of drug-likeness (QED) is 0.739. The third-order valence-corrected chi connectivity index (χ3v) is 5.13. The highest BCUT2D eigenvalue weighted by atomic mass is 16.4. The fourth-order valence-electron chi connectivity index (χ4n) is 3.51. The minimum Gasteiger partial charge on any atom is -0.478 e. The Bertz CT molecular complexity index is 972. The molecule has 27 heavy (non-hydrogen) atoms. The number of hydrogen-bond donors (Lipinski definition) is 2.